The van der Waals surface area contributed by atoms with Crippen molar-refractivity contribution in [3.8, 4) is 11.1 Å². The Morgan fingerprint density at radius 3 is 1.79 bits per heavy atom. The van der Waals surface area contributed by atoms with Crippen LogP contribution in [0, 0.1) is 17.0 Å². The predicted molar refractivity (Wildman–Crippen MR) is 313 cm³/mol. The van der Waals surface area contributed by atoms with Crippen molar-refractivity contribution in [2.75, 3.05) is 143 Å². The van der Waals surface area contributed by atoms with Crippen LogP contribution in [0.15, 0.2) is 60.8 Å². The molecule has 0 saturated carbocycles. The Morgan fingerprint density at radius 1 is 0.647 bits per heavy atom. The monoisotopic (exact) mass is 1220 g/mol. The summed E-state index contributed by atoms with van der Waals surface area (Å²) in [6.07, 6.45) is 2.26. The molecule has 0 aliphatic rings. The summed E-state index contributed by atoms with van der Waals surface area (Å²) in [5.41, 5.74) is 7.64. The number of nitrogens with one attached hydrogen (secondary N) is 3. The van der Waals surface area contributed by atoms with Gasteiger partial charge in [0.25, 0.3) is 0 Å². The minimum atomic E-state index is -1.09. The van der Waals surface area contributed by atoms with Crippen LogP contribution < -0.4 is 21.7 Å². The lowest BCUT2D eigenvalue weighted by Gasteiger charge is -2.41. The van der Waals surface area contributed by atoms with Gasteiger partial charge in [-0.1, -0.05) is 51.1 Å². The van der Waals surface area contributed by atoms with Crippen molar-refractivity contribution in [2.45, 2.75) is 84.3 Å². The quantitative estimate of drug-likeness (QED) is 0.0427. The van der Waals surface area contributed by atoms with Crippen molar-refractivity contribution in [3.63, 3.8) is 0 Å². The van der Waals surface area contributed by atoms with Gasteiger partial charge in [-0.15, -0.1) is 11.8 Å². The maximum Gasteiger partial charge on any atom is 0.305 e. The zero-order chi connectivity index (χ0) is 62.1. The highest BCUT2D eigenvalue weighted by Crippen LogP contribution is 2.41. The number of halogens is 2. The number of aliphatic carboxylic acids is 2. The standard InChI is InChI=1S/C59H88F2N6O17S/c1-59(2,3)57(51-37-45(48-38-46(60)12-13-49(48)61)41-66(51)40-44-9-5-4-6-10-44)67(20-8-18-62)54(71)43-85-42-50(58(76)63-19-24-80-28-32-84-36-35-83-31-27-79-23-17-56(74)75)65-53(70)16-22-78-26-30-82-34-33-81-29-25-77-21-7-11-47(68)39-64-52(69)14-15-55(72)73/h4-6,9-10,12-13,37-38,41,50,57H,7-8,11,14-36,39-40,42-43,62H2,1-3H3,(H,63,76)(H,64,69)(H,65,70)(H,72,73)(H,74,75)/t50-,57-/m0/s1. The number of benzene rings is 2. The fraction of sp³-hybridized carbons (Fsp3) is 0.610. The number of aromatic nitrogens is 1. The molecule has 0 spiro atoms. The van der Waals surface area contributed by atoms with Crippen molar-refractivity contribution in [1.29, 1.82) is 0 Å². The first-order valence-corrected chi connectivity index (χ1v) is 29.7. The number of hydrogen-bond donors (Lipinski definition) is 6. The van der Waals surface area contributed by atoms with E-state index in [1.54, 1.807) is 17.2 Å². The molecule has 0 aliphatic heterocycles. The van der Waals surface area contributed by atoms with Crippen LogP contribution >= 0.6 is 11.8 Å². The number of amides is 4. The fourth-order valence-electron chi connectivity index (χ4n) is 8.25. The van der Waals surface area contributed by atoms with Crippen LogP contribution in [0.1, 0.15) is 83.0 Å². The normalized spacial score (nSPS) is 12.2. The average molecular weight is 1220 g/mol. The van der Waals surface area contributed by atoms with E-state index >= 15 is 4.39 Å². The molecule has 7 N–H and O–H groups in total. The van der Waals surface area contributed by atoms with Crippen molar-refractivity contribution < 1.29 is 90.5 Å². The summed E-state index contributed by atoms with van der Waals surface area (Å²) in [4.78, 5) is 88.0. The van der Waals surface area contributed by atoms with Crippen LogP contribution in [0.4, 0.5) is 8.78 Å². The van der Waals surface area contributed by atoms with Crippen LogP contribution in [0.25, 0.3) is 11.1 Å². The second-order valence-corrected chi connectivity index (χ2v) is 21.5. The fourth-order valence-corrected chi connectivity index (χ4v) is 9.18. The van der Waals surface area contributed by atoms with Gasteiger partial charge in [0.1, 0.15) is 17.7 Å². The van der Waals surface area contributed by atoms with Gasteiger partial charge in [0.2, 0.25) is 23.6 Å². The molecule has 0 aliphatic carbocycles. The van der Waals surface area contributed by atoms with Crippen molar-refractivity contribution in [2.24, 2.45) is 11.1 Å². The molecular weight excluding hydrogens is 1130 g/mol. The Kier molecular flexibility index (Phi) is 37.6. The number of thioether (sulfide) groups is 1. The summed E-state index contributed by atoms with van der Waals surface area (Å²) in [7, 11) is 0. The van der Waals surface area contributed by atoms with E-state index in [0.717, 1.165) is 23.8 Å². The molecule has 2 aromatic carbocycles. The predicted octanol–water partition coefficient (Wildman–Crippen LogP) is 4.41. The molecule has 0 radical (unpaired) electrons. The third-order valence-corrected chi connectivity index (χ3v) is 13.4. The Hall–Kier alpha value is -5.94. The van der Waals surface area contributed by atoms with Crippen molar-refractivity contribution in [3.05, 3.63) is 83.7 Å². The molecule has 23 nitrogen and oxygen atoms in total. The third kappa shape index (κ3) is 33.0. The van der Waals surface area contributed by atoms with Gasteiger partial charge in [-0.2, -0.15) is 0 Å². The zero-order valence-corrected chi connectivity index (χ0v) is 50.1. The van der Waals surface area contributed by atoms with Crippen molar-refractivity contribution in [1.82, 2.24) is 25.4 Å². The van der Waals surface area contributed by atoms with Gasteiger partial charge in [-0.3, -0.25) is 33.6 Å². The first-order valence-electron chi connectivity index (χ1n) is 28.6. The number of Topliss-reactive ketones (excluding diaryl/α,β-unsaturated/α-hetero) is 1. The highest BCUT2D eigenvalue weighted by Gasteiger charge is 2.37. The Labute approximate surface area is 500 Å². The summed E-state index contributed by atoms with van der Waals surface area (Å²) in [5, 5.41) is 25.3. The van der Waals surface area contributed by atoms with Crippen LogP contribution in [-0.4, -0.2) is 210 Å². The molecule has 0 fully saturated rings. The molecule has 0 unspecified atom stereocenters. The molecule has 2 atom stereocenters. The molecule has 0 bridgehead atoms. The lowest BCUT2D eigenvalue weighted by Crippen LogP contribution is -2.49. The maximum atomic E-state index is 15.3. The molecule has 0 saturated heterocycles. The van der Waals surface area contributed by atoms with Gasteiger partial charge < -0.3 is 79.3 Å². The number of nitrogens with two attached hydrogens (primary N) is 1. The molecule has 1 aromatic heterocycles. The zero-order valence-electron chi connectivity index (χ0n) is 49.3. The van der Waals surface area contributed by atoms with Crippen LogP contribution in [0.2, 0.25) is 0 Å². The first-order chi connectivity index (χ1) is 40.9. The number of ketones is 1. The number of carbonyl (C=O) groups excluding carboxylic acids is 5. The molecule has 3 rings (SSSR count). The van der Waals surface area contributed by atoms with E-state index in [2.05, 4.69) is 16.0 Å². The molecule has 1 heterocycles. The topological polar surface area (TPSA) is 304 Å². The number of ether oxygens (including phenoxy) is 8. The van der Waals surface area contributed by atoms with Gasteiger partial charge >= 0.3 is 11.9 Å². The maximum absolute atomic E-state index is 15.3. The van der Waals surface area contributed by atoms with E-state index in [-0.39, 0.29) is 140 Å². The second-order valence-electron chi connectivity index (χ2n) is 20.4. The van der Waals surface area contributed by atoms with E-state index in [9.17, 15) is 38.0 Å². The van der Waals surface area contributed by atoms with Crippen LogP contribution in [0.3, 0.4) is 0 Å². The number of hydrogen-bond acceptors (Lipinski definition) is 17. The molecule has 26 heteroatoms. The largest absolute Gasteiger partial charge is 0.481 e. The number of carboxylic acids is 2. The molecule has 476 valence electrons. The molecular formula is C59H88F2N6O17S. The van der Waals surface area contributed by atoms with E-state index in [4.69, 9.17) is 53.8 Å². The van der Waals surface area contributed by atoms with Crippen LogP contribution in [0.5, 0.6) is 0 Å². The lowest BCUT2D eigenvalue weighted by atomic mass is 9.83. The second kappa shape index (κ2) is 43.6. The van der Waals surface area contributed by atoms with Crippen molar-refractivity contribution >= 4 is 53.1 Å². The van der Waals surface area contributed by atoms with Gasteiger partial charge in [-0.05, 0) is 54.6 Å². The van der Waals surface area contributed by atoms with E-state index in [0.29, 0.717) is 83.4 Å². The lowest BCUT2D eigenvalue weighted by molar-refractivity contribution is -0.139. The minimum Gasteiger partial charge on any atom is -0.481 e. The number of rotatable bonds is 50. The summed E-state index contributed by atoms with van der Waals surface area (Å²) < 4.78 is 75.8. The van der Waals surface area contributed by atoms with Gasteiger partial charge in [-0.25, -0.2) is 8.78 Å². The SMILES string of the molecule is CC(C)(C)[C@H](c1cc(-c2cc(F)ccc2F)cn1Cc1ccccc1)N(CCCN)C(=O)CSC[C@H](NC(=O)CCOCCOCCOCCOCCCC(=O)CNC(=O)CCC(=O)O)C(=O)NCCOCCOCCOCCOCCC(=O)O. The summed E-state index contributed by atoms with van der Waals surface area (Å²) in [6.45, 7) is 10.8. The van der Waals surface area contributed by atoms with Gasteiger partial charge in [0.05, 0.1) is 130 Å². The summed E-state index contributed by atoms with van der Waals surface area (Å²) in [6, 6.07) is 13.1. The smallest absolute Gasteiger partial charge is 0.305 e. The molecule has 85 heavy (non-hydrogen) atoms. The minimum absolute atomic E-state index is 0.0264. The number of carboxylic acid groups (broad SMARTS) is 2. The summed E-state index contributed by atoms with van der Waals surface area (Å²) in [5.74, 6) is -5.14. The van der Waals surface area contributed by atoms with Gasteiger partial charge in [0.15, 0.2) is 5.78 Å². The van der Waals surface area contributed by atoms with E-state index < -0.39 is 58.8 Å². The van der Waals surface area contributed by atoms with Gasteiger partial charge in [0, 0.05) is 74.3 Å². The highest BCUT2D eigenvalue weighted by atomic mass is 32.2. The van der Waals surface area contributed by atoms with E-state index in [1.807, 2.05) is 55.7 Å². The Bertz CT molecular complexity index is 2440. The Morgan fingerprint density at radius 2 is 1.21 bits per heavy atom. The van der Waals surface area contributed by atoms with Crippen LogP contribution in [-0.2, 0) is 78.0 Å². The number of nitrogens with zero attached hydrogens (tertiary/aromatic N) is 2. The molecule has 3 aromatic rings. The van der Waals surface area contributed by atoms with E-state index in [1.165, 1.54) is 11.8 Å². The average Bonchev–Trinajstić information content (AvgIpc) is 1.95. The summed E-state index contributed by atoms with van der Waals surface area (Å²) >= 11 is 1.17. The third-order valence-electron chi connectivity index (χ3n) is 12.4. The Balaban J connectivity index is 1.54. The highest BCUT2D eigenvalue weighted by molar-refractivity contribution is 8.00. The first kappa shape index (κ1) is 73.3. The molecule has 4 amide bonds. The number of carbonyl (C=O) groups is 7.